The molecule has 1 aliphatic heterocycles. The zero-order valence-electron chi connectivity index (χ0n) is 15.8. The molecule has 0 saturated carbocycles. The molecule has 1 heterocycles. The molecule has 0 spiro atoms. The SMILES string of the molecule is CC(NC(=O)Nc1ccc(Cl)cc1)C1CCN(C(=O)OC(C)(C)C)CC1. The fraction of sp³-hybridized carbons (Fsp3) is 0.579. The molecule has 26 heavy (non-hydrogen) atoms. The van der Waals surface area contributed by atoms with Crippen molar-refractivity contribution < 1.29 is 14.3 Å². The van der Waals surface area contributed by atoms with Gasteiger partial charge in [0.15, 0.2) is 0 Å². The second-order valence-electron chi connectivity index (χ2n) is 7.70. The number of urea groups is 1. The van der Waals surface area contributed by atoms with Crippen LogP contribution in [0, 0.1) is 5.92 Å². The highest BCUT2D eigenvalue weighted by Crippen LogP contribution is 2.22. The van der Waals surface area contributed by atoms with Gasteiger partial charge in [-0.15, -0.1) is 0 Å². The summed E-state index contributed by atoms with van der Waals surface area (Å²) in [5.41, 5.74) is 0.210. The molecule has 2 N–H and O–H groups in total. The van der Waals surface area contributed by atoms with E-state index < -0.39 is 5.60 Å². The van der Waals surface area contributed by atoms with Crippen LogP contribution in [0.4, 0.5) is 15.3 Å². The largest absolute Gasteiger partial charge is 0.444 e. The van der Waals surface area contributed by atoms with Crippen LogP contribution in [0.5, 0.6) is 0 Å². The van der Waals surface area contributed by atoms with Gasteiger partial charge in [-0.2, -0.15) is 0 Å². The van der Waals surface area contributed by atoms with E-state index in [9.17, 15) is 9.59 Å². The second kappa shape index (κ2) is 8.62. The molecule has 2 rings (SSSR count). The predicted molar refractivity (Wildman–Crippen MR) is 104 cm³/mol. The molecule has 6 nitrogen and oxygen atoms in total. The van der Waals surface area contributed by atoms with E-state index in [1.807, 2.05) is 27.7 Å². The minimum atomic E-state index is -0.484. The first-order chi connectivity index (χ1) is 12.1. The Labute approximate surface area is 160 Å². The van der Waals surface area contributed by atoms with Gasteiger partial charge in [-0.25, -0.2) is 9.59 Å². The molecular weight excluding hydrogens is 354 g/mol. The van der Waals surface area contributed by atoms with Gasteiger partial charge in [0.05, 0.1) is 0 Å². The molecule has 0 bridgehead atoms. The van der Waals surface area contributed by atoms with E-state index in [4.69, 9.17) is 16.3 Å². The summed E-state index contributed by atoms with van der Waals surface area (Å²) in [6, 6.07) is 6.75. The number of nitrogens with one attached hydrogen (secondary N) is 2. The van der Waals surface area contributed by atoms with Gasteiger partial charge in [-0.1, -0.05) is 11.6 Å². The van der Waals surface area contributed by atoms with Crippen molar-refractivity contribution in [1.29, 1.82) is 0 Å². The van der Waals surface area contributed by atoms with Gasteiger partial charge in [0.25, 0.3) is 0 Å². The molecule has 0 radical (unpaired) electrons. The Morgan fingerprint density at radius 2 is 1.77 bits per heavy atom. The summed E-state index contributed by atoms with van der Waals surface area (Å²) in [5.74, 6) is 0.324. The Morgan fingerprint density at radius 1 is 1.19 bits per heavy atom. The number of hydrogen-bond donors (Lipinski definition) is 2. The lowest BCUT2D eigenvalue weighted by atomic mass is 9.90. The van der Waals surface area contributed by atoms with Crippen molar-refractivity contribution >= 4 is 29.4 Å². The van der Waals surface area contributed by atoms with Crippen molar-refractivity contribution in [3.63, 3.8) is 0 Å². The minimum absolute atomic E-state index is 0.0167. The van der Waals surface area contributed by atoms with Gasteiger partial charge in [0, 0.05) is 29.8 Å². The Bertz CT molecular complexity index is 620. The van der Waals surface area contributed by atoms with Crippen molar-refractivity contribution in [2.24, 2.45) is 5.92 Å². The van der Waals surface area contributed by atoms with E-state index in [2.05, 4.69) is 10.6 Å². The molecule has 1 aliphatic rings. The van der Waals surface area contributed by atoms with Gasteiger partial charge in [0.1, 0.15) is 5.60 Å². The van der Waals surface area contributed by atoms with Crippen LogP contribution in [0.3, 0.4) is 0 Å². The summed E-state index contributed by atoms with van der Waals surface area (Å²) in [6.45, 7) is 8.87. The fourth-order valence-corrected chi connectivity index (χ4v) is 3.06. The normalized spacial score (nSPS) is 16.7. The van der Waals surface area contributed by atoms with Crippen molar-refractivity contribution in [2.45, 2.75) is 52.2 Å². The average molecular weight is 382 g/mol. The number of amides is 3. The molecule has 1 unspecified atom stereocenters. The van der Waals surface area contributed by atoms with Crippen LogP contribution in [0.1, 0.15) is 40.5 Å². The van der Waals surface area contributed by atoms with Crippen LogP contribution >= 0.6 is 11.6 Å². The highest BCUT2D eigenvalue weighted by Gasteiger charge is 2.29. The van der Waals surface area contributed by atoms with Gasteiger partial charge in [0.2, 0.25) is 0 Å². The number of anilines is 1. The summed E-state index contributed by atoms with van der Waals surface area (Å²) in [4.78, 5) is 26.0. The van der Waals surface area contributed by atoms with Crippen LogP contribution in [-0.4, -0.2) is 41.8 Å². The first-order valence-electron chi connectivity index (χ1n) is 8.95. The van der Waals surface area contributed by atoms with Crippen LogP contribution < -0.4 is 10.6 Å². The number of carbonyl (C=O) groups is 2. The van der Waals surface area contributed by atoms with Crippen LogP contribution in [-0.2, 0) is 4.74 Å². The number of benzene rings is 1. The Kier molecular flexibility index (Phi) is 6.75. The maximum Gasteiger partial charge on any atom is 0.410 e. The molecule has 0 aromatic heterocycles. The van der Waals surface area contributed by atoms with Gasteiger partial charge in [-0.3, -0.25) is 0 Å². The summed E-state index contributed by atoms with van der Waals surface area (Å²) in [6.07, 6.45) is 1.40. The second-order valence-corrected chi connectivity index (χ2v) is 8.14. The predicted octanol–water partition coefficient (Wildman–Crippen LogP) is 4.50. The maximum atomic E-state index is 12.1. The number of ether oxygens (including phenoxy) is 1. The fourth-order valence-electron chi connectivity index (χ4n) is 2.93. The quantitative estimate of drug-likeness (QED) is 0.809. The van der Waals surface area contributed by atoms with E-state index in [1.165, 1.54) is 0 Å². The van der Waals surface area contributed by atoms with Crippen molar-refractivity contribution in [2.75, 3.05) is 18.4 Å². The van der Waals surface area contributed by atoms with E-state index >= 15 is 0 Å². The van der Waals surface area contributed by atoms with Crippen molar-refractivity contribution in [3.8, 4) is 0 Å². The number of hydrogen-bond acceptors (Lipinski definition) is 3. The van der Waals surface area contributed by atoms with Crippen molar-refractivity contribution in [1.82, 2.24) is 10.2 Å². The Hall–Kier alpha value is -1.95. The average Bonchev–Trinajstić information content (AvgIpc) is 2.55. The number of nitrogens with zero attached hydrogens (tertiary/aromatic N) is 1. The lowest BCUT2D eigenvalue weighted by Crippen LogP contribution is -2.47. The molecule has 3 amide bonds. The van der Waals surface area contributed by atoms with Crippen LogP contribution in [0.15, 0.2) is 24.3 Å². The molecule has 7 heteroatoms. The lowest BCUT2D eigenvalue weighted by Gasteiger charge is -2.35. The number of carbonyl (C=O) groups excluding carboxylic acids is 2. The van der Waals surface area contributed by atoms with Gasteiger partial charge < -0.3 is 20.3 Å². The molecule has 144 valence electrons. The Balaban J connectivity index is 1.77. The van der Waals surface area contributed by atoms with E-state index in [1.54, 1.807) is 29.2 Å². The zero-order valence-corrected chi connectivity index (χ0v) is 16.6. The molecule has 1 fully saturated rings. The Morgan fingerprint density at radius 3 is 2.31 bits per heavy atom. The summed E-state index contributed by atoms with van der Waals surface area (Å²) < 4.78 is 5.41. The molecule has 1 saturated heterocycles. The third-order valence-electron chi connectivity index (χ3n) is 4.36. The van der Waals surface area contributed by atoms with Crippen molar-refractivity contribution in [3.05, 3.63) is 29.3 Å². The number of halogens is 1. The third-order valence-corrected chi connectivity index (χ3v) is 4.61. The summed E-state index contributed by atoms with van der Waals surface area (Å²) in [7, 11) is 0. The molecule has 1 aromatic rings. The highest BCUT2D eigenvalue weighted by atomic mass is 35.5. The van der Waals surface area contributed by atoms with Gasteiger partial charge in [-0.05, 0) is 70.7 Å². The summed E-state index contributed by atoms with van der Waals surface area (Å²) >= 11 is 5.84. The maximum absolute atomic E-state index is 12.1. The standard InChI is InChI=1S/C19H28ClN3O3/c1-13(21-17(24)22-16-7-5-15(20)6-8-16)14-9-11-23(12-10-14)18(25)26-19(2,3)4/h5-8,13-14H,9-12H2,1-4H3,(H2,21,22,24). The number of likely N-dealkylation sites (tertiary alicyclic amines) is 1. The number of rotatable bonds is 3. The third kappa shape index (κ3) is 6.41. The summed E-state index contributed by atoms with van der Waals surface area (Å²) in [5, 5.41) is 6.40. The minimum Gasteiger partial charge on any atom is -0.444 e. The molecule has 1 atom stereocenters. The topological polar surface area (TPSA) is 70.7 Å². The zero-order chi connectivity index (χ0) is 19.3. The first-order valence-corrected chi connectivity index (χ1v) is 9.33. The van der Waals surface area contributed by atoms with E-state index in [0.717, 1.165) is 12.8 Å². The monoisotopic (exact) mass is 381 g/mol. The lowest BCUT2D eigenvalue weighted by molar-refractivity contribution is 0.0173. The highest BCUT2D eigenvalue weighted by molar-refractivity contribution is 6.30. The molecule has 0 aliphatic carbocycles. The first kappa shape index (κ1) is 20.4. The van der Waals surface area contributed by atoms with Crippen LogP contribution in [0.25, 0.3) is 0 Å². The molecule has 1 aromatic carbocycles. The van der Waals surface area contributed by atoms with Gasteiger partial charge >= 0.3 is 12.1 Å². The molecular formula is C19H28ClN3O3. The van der Waals surface area contributed by atoms with E-state index in [0.29, 0.717) is 29.7 Å². The number of piperidine rings is 1. The van der Waals surface area contributed by atoms with Crippen LogP contribution in [0.2, 0.25) is 5.02 Å². The smallest absolute Gasteiger partial charge is 0.410 e. The van der Waals surface area contributed by atoms with E-state index in [-0.39, 0.29) is 18.2 Å².